The molecule has 0 radical (unpaired) electrons. The summed E-state index contributed by atoms with van der Waals surface area (Å²) in [7, 11) is 0. The number of anilines is 1. The molecule has 0 fully saturated rings. The lowest BCUT2D eigenvalue weighted by Crippen LogP contribution is -2.13. The first-order chi connectivity index (χ1) is 11.0. The summed E-state index contributed by atoms with van der Waals surface area (Å²) in [5.74, 6) is -1.25. The number of rotatable bonds is 3. The van der Waals surface area contributed by atoms with Crippen molar-refractivity contribution < 1.29 is 9.18 Å². The molecule has 23 heavy (non-hydrogen) atoms. The first-order valence-corrected chi connectivity index (χ1v) is 8.15. The van der Waals surface area contributed by atoms with Crippen molar-refractivity contribution in [3.63, 3.8) is 0 Å². The standard InChI is InChI=1S/C16H9Cl2FN2OS/c17-9-5-6-13(19)11(7-9)15(22)21-16-20-14(8-23-16)10-3-1-2-4-12(10)18/h1-8H,(H,20,21,22). The van der Waals surface area contributed by atoms with Gasteiger partial charge in [-0.2, -0.15) is 0 Å². The van der Waals surface area contributed by atoms with E-state index in [2.05, 4.69) is 10.3 Å². The maximum atomic E-state index is 13.7. The minimum atomic E-state index is -0.644. The van der Waals surface area contributed by atoms with Crippen LogP contribution in [0.25, 0.3) is 11.3 Å². The van der Waals surface area contributed by atoms with Gasteiger partial charge in [-0.05, 0) is 24.3 Å². The SMILES string of the molecule is O=C(Nc1nc(-c2ccccc2Cl)cs1)c1cc(Cl)ccc1F. The lowest BCUT2D eigenvalue weighted by molar-refractivity contribution is 0.102. The second-order valence-corrected chi connectivity index (χ2v) is 6.30. The number of hydrogen-bond acceptors (Lipinski definition) is 3. The number of aromatic nitrogens is 1. The predicted molar refractivity (Wildman–Crippen MR) is 91.9 cm³/mol. The molecule has 0 aliphatic carbocycles. The Morgan fingerprint density at radius 3 is 2.74 bits per heavy atom. The molecule has 1 N–H and O–H groups in total. The zero-order valence-electron chi connectivity index (χ0n) is 11.5. The Balaban J connectivity index is 1.83. The van der Waals surface area contributed by atoms with Crippen LogP contribution in [0.4, 0.5) is 9.52 Å². The summed E-state index contributed by atoms with van der Waals surface area (Å²) in [5, 5.41) is 5.53. The third-order valence-corrected chi connectivity index (χ3v) is 4.37. The molecule has 2 aromatic carbocycles. The largest absolute Gasteiger partial charge is 0.298 e. The van der Waals surface area contributed by atoms with Crippen LogP contribution in [0.15, 0.2) is 47.8 Å². The van der Waals surface area contributed by atoms with Crippen molar-refractivity contribution in [2.75, 3.05) is 5.32 Å². The number of amides is 1. The van der Waals surface area contributed by atoms with Crippen molar-refractivity contribution in [3.05, 3.63) is 69.3 Å². The van der Waals surface area contributed by atoms with Crippen LogP contribution < -0.4 is 5.32 Å². The van der Waals surface area contributed by atoms with Crippen LogP contribution in [-0.2, 0) is 0 Å². The lowest BCUT2D eigenvalue weighted by Gasteiger charge is -2.04. The second-order valence-electron chi connectivity index (χ2n) is 4.60. The highest BCUT2D eigenvalue weighted by molar-refractivity contribution is 7.14. The number of carbonyl (C=O) groups excluding carboxylic acids is 1. The van der Waals surface area contributed by atoms with Crippen molar-refractivity contribution >= 4 is 45.6 Å². The van der Waals surface area contributed by atoms with E-state index < -0.39 is 11.7 Å². The molecule has 0 saturated heterocycles. The van der Waals surface area contributed by atoms with Crippen molar-refractivity contribution in [3.8, 4) is 11.3 Å². The van der Waals surface area contributed by atoms with Gasteiger partial charge in [-0.25, -0.2) is 9.37 Å². The zero-order chi connectivity index (χ0) is 16.4. The molecule has 0 atom stereocenters. The summed E-state index contributed by atoms with van der Waals surface area (Å²) >= 11 is 13.1. The Morgan fingerprint density at radius 2 is 1.96 bits per heavy atom. The molecule has 7 heteroatoms. The molecule has 0 unspecified atom stereocenters. The number of carbonyl (C=O) groups is 1. The third-order valence-electron chi connectivity index (χ3n) is 3.05. The van der Waals surface area contributed by atoms with Gasteiger partial charge in [-0.15, -0.1) is 11.3 Å². The normalized spacial score (nSPS) is 10.6. The fraction of sp³-hybridized carbons (Fsp3) is 0. The summed E-state index contributed by atoms with van der Waals surface area (Å²) in [6.07, 6.45) is 0. The molecule has 3 rings (SSSR count). The van der Waals surface area contributed by atoms with Crippen molar-refractivity contribution in [2.45, 2.75) is 0 Å². The summed E-state index contributed by atoms with van der Waals surface area (Å²) in [5.41, 5.74) is 1.27. The molecule has 0 spiro atoms. The van der Waals surface area contributed by atoms with Gasteiger partial charge in [-0.1, -0.05) is 41.4 Å². The summed E-state index contributed by atoms with van der Waals surface area (Å²) in [6, 6.07) is 11.1. The Labute approximate surface area is 145 Å². The molecule has 0 saturated carbocycles. The van der Waals surface area contributed by atoms with Crippen molar-refractivity contribution in [2.24, 2.45) is 0 Å². The summed E-state index contributed by atoms with van der Waals surface area (Å²) in [6.45, 7) is 0. The Kier molecular flexibility index (Phi) is 4.61. The van der Waals surface area contributed by atoms with Gasteiger partial charge in [0.1, 0.15) is 5.82 Å². The van der Waals surface area contributed by atoms with Crippen LogP contribution in [0.5, 0.6) is 0 Å². The van der Waals surface area contributed by atoms with E-state index in [1.165, 1.54) is 23.5 Å². The molecule has 0 aliphatic heterocycles. The van der Waals surface area contributed by atoms with E-state index in [0.717, 1.165) is 11.6 Å². The minimum absolute atomic E-state index is 0.132. The lowest BCUT2D eigenvalue weighted by atomic mass is 10.2. The minimum Gasteiger partial charge on any atom is -0.298 e. The van der Waals surface area contributed by atoms with E-state index in [1.807, 2.05) is 18.2 Å². The van der Waals surface area contributed by atoms with Crippen LogP contribution in [0.2, 0.25) is 10.0 Å². The van der Waals surface area contributed by atoms with Crippen molar-refractivity contribution in [1.29, 1.82) is 0 Å². The molecule has 116 valence electrons. The molecule has 3 nitrogen and oxygen atoms in total. The topological polar surface area (TPSA) is 42.0 Å². The van der Waals surface area contributed by atoms with E-state index in [0.29, 0.717) is 15.8 Å². The molecule has 0 aliphatic rings. The van der Waals surface area contributed by atoms with Gasteiger partial charge in [0.15, 0.2) is 5.13 Å². The van der Waals surface area contributed by atoms with Gasteiger partial charge in [0.2, 0.25) is 0 Å². The van der Waals surface area contributed by atoms with E-state index in [1.54, 1.807) is 11.4 Å². The highest BCUT2D eigenvalue weighted by atomic mass is 35.5. The van der Waals surface area contributed by atoms with E-state index >= 15 is 0 Å². The molecular formula is C16H9Cl2FN2OS. The Bertz CT molecular complexity index is 882. The van der Waals surface area contributed by atoms with Gasteiger partial charge in [0.05, 0.1) is 11.3 Å². The van der Waals surface area contributed by atoms with Crippen LogP contribution >= 0.6 is 34.5 Å². The third kappa shape index (κ3) is 3.52. The number of thiazole rings is 1. The van der Waals surface area contributed by atoms with Crippen LogP contribution in [0.3, 0.4) is 0 Å². The monoisotopic (exact) mass is 366 g/mol. The summed E-state index contributed by atoms with van der Waals surface area (Å²) in [4.78, 5) is 16.4. The summed E-state index contributed by atoms with van der Waals surface area (Å²) < 4.78 is 13.7. The predicted octanol–water partition coefficient (Wildman–Crippen LogP) is 5.51. The number of nitrogens with one attached hydrogen (secondary N) is 1. The molecular weight excluding hydrogens is 358 g/mol. The average molecular weight is 367 g/mol. The van der Waals surface area contributed by atoms with Gasteiger partial charge in [-0.3, -0.25) is 10.1 Å². The van der Waals surface area contributed by atoms with Gasteiger partial charge < -0.3 is 0 Å². The van der Waals surface area contributed by atoms with Crippen LogP contribution in [0, 0.1) is 5.82 Å². The molecule has 1 aromatic heterocycles. The van der Waals surface area contributed by atoms with Gasteiger partial charge in [0, 0.05) is 21.0 Å². The zero-order valence-corrected chi connectivity index (χ0v) is 13.8. The Morgan fingerprint density at radius 1 is 1.17 bits per heavy atom. The van der Waals surface area contributed by atoms with Gasteiger partial charge in [0.25, 0.3) is 5.91 Å². The highest BCUT2D eigenvalue weighted by Gasteiger charge is 2.15. The number of benzene rings is 2. The van der Waals surface area contributed by atoms with E-state index in [9.17, 15) is 9.18 Å². The van der Waals surface area contributed by atoms with Crippen LogP contribution in [-0.4, -0.2) is 10.9 Å². The second kappa shape index (κ2) is 6.66. The maximum Gasteiger partial charge on any atom is 0.260 e. The smallest absolute Gasteiger partial charge is 0.260 e. The van der Waals surface area contributed by atoms with Crippen LogP contribution in [0.1, 0.15) is 10.4 Å². The van der Waals surface area contributed by atoms with E-state index in [4.69, 9.17) is 23.2 Å². The van der Waals surface area contributed by atoms with Crippen molar-refractivity contribution in [1.82, 2.24) is 4.98 Å². The average Bonchev–Trinajstić information content (AvgIpc) is 2.98. The molecule has 1 heterocycles. The molecule has 1 amide bonds. The fourth-order valence-corrected chi connectivity index (χ4v) is 3.07. The quantitative estimate of drug-likeness (QED) is 0.663. The first-order valence-electron chi connectivity index (χ1n) is 6.51. The highest BCUT2D eigenvalue weighted by Crippen LogP contribution is 2.30. The number of hydrogen-bond donors (Lipinski definition) is 1. The maximum absolute atomic E-state index is 13.7. The number of nitrogens with zero attached hydrogens (tertiary/aromatic N) is 1. The first kappa shape index (κ1) is 15.9. The number of halogens is 3. The van der Waals surface area contributed by atoms with E-state index in [-0.39, 0.29) is 10.6 Å². The van der Waals surface area contributed by atoms with Gasteiger partial charge >= 0.3 is 0 Å². The molecule has 3 aromatic rings. The Hall–Kier alpha value is -1.95. The molecule has 0 bridgehead atoms. The fourth-order valence-electron chi connectivity index (χ4n) is 1.96.